The highest BCUT2D eigenvalue weighted by Crippen LogP contribution is 2.47. The van der Waals surface area contributed by atoms with Crippen LogP contribution in [0.25, 0.3) is 5.57 Å². The van der Waals surface area contributed by atoms with Gasteiger partial charge in [-0.25, -0.2) is 4.57 Å². The number of hydrogen-bond donors (Lipinski definition) is 1. The summed E-state index contributed by atoms with van der Waals surface area (Å²) in [6.45, 7) is 6.34. The van der Waals surface area contributed by atoms with E-state index < -0.39 is 16.5 Å². The standard InChI is InChI=1S/C13H19NO6P2/c1-9(2)12-4-5-13(14(12)3)10-6-11(18-7-10)8-19-22(16,17)20-21-15/h4-5,10-11,21H,1,6-8H2,2-3H3/p+1. The van der Waals surface area contributed by atoms with Crippen molar-refractivity contribution in [3.05, 3.63) is 30.1 Å². The van der Waals surface area contributed by atoms with Gasteiger partial charge in [-0.2, -0.15) is 0 Å². The molecule has 0 amide bonds. The summed E-state index contributed by atoms with van der Waals surface area (Å²) < 4.78 is 38.1. The Balaban J connectivity index is 1.94. The van der Waals surface area contributed by atoms with Crippen LogP contribution >= 0.6 is 16.5 Å². The van der Waals surface area contributed by atoms with Gasteiger partial charge >= 0.3 is 16.5 Å². The molecule has 1 saturated heterocycles. The fourth-order valence-corrected chi connectivity index (χ4v) is 3.59. The van der Waals surface area contributed by atoms with Crippen LogP contribution in [0.15, 0.2) is 18.7 Å². The van der Waals surface area contributed by atoms with Gasteiger partial charge in [0.2, 0.25) is 0 Å². The third-order valence-electron chi connectivity index (χ3n) is 3.67. The van der Waals surface area contributed by atoms with E-state index in [1.807, 2.05) is 26.1 Å². The highest BCUT2D eigenvalue weighted by Gasteiger charge is 2.33. The summed E-state index contributed by atoms with van der Waals surface area (Å²) in [4.78, 5) is 9.21. The van der Waals surface area contributed by atoms with Crippen LogP contribution in [0.4, 0.5) is 0 Å². The van der Waals surface area contributed by atoms with E-state index in [-0.39, 0.29) is 18.6 Å². The molecule has 2 rings (SSSR count). The molecule has 7 nitrogen and oxygen atoms in total. The molecule has 22 heavy (non-hydrogen) atoms. The third-order valence-corrected chi connectivity index (χ3v) is 5.37. The summed E-state index contributed by atoms with van der Waals surface area (Å²) in [5.74, 6) is 0.187. The molecule has 1 N–H and O–H groups in total. The van der Waals surface area contributed by atoms with Crippen LogP contribution in [0.2, 0.25) is 0 Å². The second kappa shape index (κ2) is 7.18. The summed E-state index contributed by atoms with van der Waals surface area (Å²) in [5.41, 5.74) is 3.19. The van der Waals surface area contributed by atoms with Gasteiger partial charge in [0.15, 0.2) is 0 Å². The average Bonchev–Trinajstić information content (AvgIpc) is 3.02. The number of allylic oxidation sites excluding steroid dienone is 1. The number of aromatic nitrogens is 1. The molecular formula is C13H20NO6P2+. The van der Waals surface area contributed by atoms with Crippen LogP contribution in [0, 0.1) is 0 Å². The van der Waals surface area contributed by atoms with E-state index in [2.05, 4.69) is 15.5 Å². The predicted octanol–water partition coefficient (Wildman–Crippen LogP) is 3.00. The molecule has 122 valence electrons. The van der Waals surface area contributed by atoms with E-state index in [1.165, 1.54) is 0 Å². The van der Waals surface area contributed by atoms with E-state index in [0.29, 0.717) is 13.0 Å². The third kappa shape index (κ3) is 4.13. The number of phosphoric acid groups is 1. The van der Waals surface area contributed by atoms with Crippen molar-refractivity contribution in [3.63, 3.8) is 0 Å². The zero-order chi connectivity index (χ0) is 16.3. The van der Waals surface area contributed by atoms with Gasteiger partial charge < -0.3 is 14.2 Å². The van der Waals surface area contributed by atoms with Gasteiger partial charge in [0, 0.05) is 24.4 Å². The number of phosphoric ester groups is 1. The fraction of sp³-hybridized carbons (Fsp3) is 0.538. The minimum atomic E-state index is -4.25. The van der Waals surface area contributed by atoms with E-state index in [4.69, 9.17) is 9.26 Å². The summed E-state index contributed by atoms with van der Waals surface area (Å²) in [6, 6.07) is 4.06. The van der Waals surface area contributed by atoms with E-state index in [1.54, 1.807) is 0 Å². The zero-order valence-electron chi connectivity index (χ0n) is 12.5. The van der Waals surface area contributed by atoms with Gasteiger partial charge in [-0.15, -0.1) is 0 Å². The molecule has 4 unspecified atom stereocenters. The molecule has 2 heterocycles. The lowest BCUT2D eigenvalue weighted by Crippen LogP contribution is -2.13. The quantitative estimate of drug-likeness (QED) is 0.762. The van der Waals surface area contributed by atoms with E-state index in [9.17, 15) is 14.0 Å². The van der Waals surface area contributed by atoms with Crippen molar-refractivity contribution in [1.29, 1.82) is 0 Å². The van der Waals surface area contributed by atoms with Crippen LogP contribution in [-0.4, -0.2) is 28.8 Å². The smallest absolute Gasteiger partial charge is 0.375 e. The van der Waals surface area contributed by atoms with Crippen molar-refractivity contribution in [2.24, 2.45) is 7.05 Å². The maximum atomic E-state index is 11.3. The van der Waals surface area contributed by atoms with Crippen LogP contribution in [-0.2, 0) is 29.7 Å². The fourth-order valence-electron chi connectivity index (χ4n) is 2.64. The number of rotatable bonds is 7. The van der Waals surface area contributed by atoms with Crippen LogP contribution in [0.3, 0.4) is 0 Å². The zero-order valence-corrected chi connectivity index (χ0v) is 14.4. The molecule has 1 aromatic heterocycles. The van der Waals surface area contributed by atoms with Crippen LogP contribution in [0.5, 0.6) is 0 Å². The highest BCUT2D eigenvalue weighted by molar-refractivity contribution is 7.52. The lowest BCUT2D eigenvalue weighted by molar-refractivity contribution is 0.0560. The predicted molar refractivity (Wildman–Crippen MR) is 83.1 cm³/mol. The summed E-state index contributed by atoms with van der Waals surface area (Å²) in [6.07, 6.45) is 0.375. The first kappa shape index (κ1) is 17.5. The molecule has 1 aliphatic heterocycles. The lowest BCUT2D eigenvalue weighted by Gasteiger charge is -2.13. The van der Waals surface area contributed by atoms with Crippen molar-refractivity contribution in [3.8, 4) is 0 Å². The molecule has 0 saturated carbocycles. The van der Waals surface area contributed by atoms with Crippen molar-refractivity contribution in [1.82, 2.24) is 4.57 Å². The van der Waals surface area contributed by atoms with Gasteiger partial charge in [-0.1, -0.05) is 6.58 Å². The molecule has 1 aromatic rings. The Morgan fingerprint density at radius 2 is 2.36 bits per heavy atom. The lowest BCUT2D eigenvalue weighted by atomic mass is 10.0. The summed E-state index contributed by atoms with van der Waals surface area (Å²) in [5, 5.41) is 0. The molecule has 1 aliphatic rings. The van der Waals surface area contributed by atoms with Crippen LogP contribution < -0.4 is 0 Å². The second-order valence-electron chi connectivity index (χ2n) is 5.31. The van der Waals surface area contributed by atoms with Crippen molar-refractivity contribution in [2.75, 3.05) is 13.2 Å². The highest BCUT2D eigenvalue weighted by atomic mass is 31.2. The largest absolute Gasteiger partial charge is 0.515 e. The summed E-state index contributed by atoms with van der Waals surface area (Å²) >= 11 is 0. The Bertz CT molecular complexity index is 614. The minimum Gasteiger partial charge on any atom is -0.375 e. The average molecular weight is 348 g/mol. The first-order valence-corrected chi connectivity index (χ1v) is 9.11. The van der Waals surface area contributed by atoms with Gasteiger partial charge in [0.25, 0.3) is 0 Å². The maximum Gasteiger partial charge on any atom is 0.515 e. The van der Waals surface area contributed by atoms with Crippen LogP contribution in [0.1, 0.15) is 30.7 Å². The normalized spacial score (nSPS) is 24.5. The first-order chi connectivity index (χ1) is 10.3. The van der Waals surface area contributed by atoms with Crippen molar-refractivity contribution in [2.45, 2.75) is 25.4 Å². The Labute approximate surface area is 130 Å². The Hall–Kier alpha value is -0.810. The van der Waals surface area contributed by atoms with Gasteiger partial charge in [0.05, 0.1) is 19.3 Å². The van der Waals surface area contributed by atoms with Gasteiger partial charge in [-0.05, 0) is 39.9 Å². The molecule has 0 aliphatic carbocycles. The number of hydrogen-bond acceptors (Lipinski definition) is 5. The molecule has 1 fully saturated rings. The van der Waals surface area contributed by atoms with Gasteiger partial charge in [-0.3, -0.25) is 4.52 Å². The number of nitrogens with zero attached hydrogens (tertiary/aromatic N) is 1. The van der Waals surface area contributed by atoms with Gasteiger partial charge in [0.1, 0.15) is 0 Å². The summed E-state index contributed by atoms with van der Waals surface area (Å²) in [7, 11) is -3.61. The molecular weight excluding hydrogens is 328 g/mol. The molecule has 0 aromatic carbocycles. The molecule has 0 bridgehead atoms. The topological polar surface area (TPSA) is 87.0 Å². The first-order valence-electron chi connectivity index (χ1n) is 6.80. The molecule has 4 atom stereocenters. The van der Waals surface area contributed by atoms with Crippen molar-refractivity contribution >= 4 is 22.1 Å². The Morgan fingerprint density at radius 1 is 1.64 bits per heavy atom. The SMILES string of the molecule is C=C(C)c1ccc(C2COC(COP(=O)(O)O[PH+]=O)C2)n1C. The molecule has 0 radical (unpaired) electrons. The second-order valence-corrected chi connectivity index (χ2v) is 7.40. The number of ether oxygens (including phenoxy) is 1. The maximum absolute atomic E-state index is 11.3. The Kier molecular flexibility index (Phi) is 5.72. The van der Waals surface area contributed by atoms with E-state index >= 15 is 0 Å². The minimum absolute atomic E-state index is 0.0769. The van der Waals surface area contributed by atoms with Crippen molar-refractivity contribution < 1.29 is 27.6 Å². The van der Waals surface area contributed by atoms with E-state index in [0.717, 1.165) is 17.0 Å². The molecule has 0 spiro atoms. The monoisotopic (exact) mass is 348 g/mol. The Morgan fingerprint density at radius 3 is 2.95 bits per heavy atom. The molecule has 9 heteroatoms.